The molecule has 1 aromatic carbocycles. The molecule has 4 rings (SSSR count). The largest absolute Gasteiger partial charge is 0.373 e. The van der Waals surface area contributed by atoms with Gasteiger partial charge in [0.1, 0.15) is 5.60 Å². The summed E-state index contributed by atoms with van der Waals surface area (Å²) in [6.07, 6.45) is 6.50. The Morgan fingerprint density at radius 1 is 1.25 bits per heavy atom. The van der Waals surface area contributed by atoms with E-state index in [-0.39, 0.29) is 11.5 Å². The maximum absolute atomic E-state index is 11.6. The summed E-state index contributed by atoms with van der Waals surface area (Å²) in [7, 11) is 1.85. The number of hydrogen-bond donors (Lipinski definition) is 1. The van der Waals surface area contributed by atoms with Crippen molar-refractivity contribution in [1.82, 2.24) is 4.90 Å². The van der Waals surface area contributed by atoms with Gasteiger partial charge in [-0.3, -0.25) is 4.79 Å². The van der Waals surface area contributed by atoms with Crippen LogP contribution in [0.5, 0.6) is 0 Å². The molecule has 1 saturated heterocycles. The summed E-state index contributed by atoms with van der Waals surface area (Å²) in [4.78, 5) is 14.3. The predicted molar refractivity (Wildman–Crippen MR) is 93.6 cm³/mol. The summed E-state index contributed by atoms with van der Waals surface area (Å²) in [5.74, 6) is 1.56. The molecular weight excluding hydrogens is 300 g/mol. The maximum atomic E-state index is 11.6. The van der Waals surface area contributed by atoms with Gasteiger partial charge in [0.15, 0.2) is 0 Å². The molecule has 4 nitrogen and oxygen atoms in total. The zero-order valence-corrected chi connectivity index (χ0v) is 14.5. The lowest BCUT2D eigenvalue weighted by molar-refractivity contribution is -0.169. The van der Waals surface area contributed by atoms with Gasteiger partial charge in [0.05, 0.1) is 0 Å². The third kappa shape index (κ3) is 2.66. The third-order valence-corrected chi connectivity index (χ3v) is 6.42. The first-order chi connectivity index (χ1) is 11.6. The van der Waals surface area contributed by atoms with Crippen LogP contribution in [0.2, 0.25) is 0 Å². The molecule has 4 heteroatoms. The fourth-order valence-electron chi connectivity index (χ4n) is 5.18. The van der Waals surface area contributed by atoms with Gasteiger partial charge in [-0.25, -0.2) is 0 Å². The molecule has 3 atom stereocenters. The number of hydrogen-bond acceptors (Lipinski definition) is 3. The molecule has 1 aromatic rings. The number of primary amides is 1. The van der Waals surface area contributed by atoms with Gasteiger partial charge >= 0.3 is 0 Å². The first-order valence-electron chi connectivity index (χ1n) is 9.31. The highest BCUT2D eigenvalue weighted by Crippen LogP contribution is 2.52. The van der Waals surface area contributed by atoms with Gasteiger partial charge in [0.2, 0.25) is 5.91 Å². The minimum atomic E-state index is -0.362. The van der Waals surface area contributed by atoms with Crippen LogP contribution in [0.1, 0.15) is 48.0 Å². The van der Waals surface area contributed by atoms with Gasteiger partial charge in [-0.2, -0.15) is 0 Å². The van der Waals surface area contributed by atoms with Crippen molar-refractivity contribution < 1.29 is 9.53 Å². The number of nitrogens with zero attached hydrogens (tertiary/aromatic N) is 1. The average Bonchev–Trinajstić information content (AvgIpc) is 3.38. The number of rotatable bonds is 5. The van der Waals surface area contributed by atoms with Crippen LogP contribution in [-0.2, 0) is 10.3 Å². The Balaban J connectivity index is 1.67. The van der Waals surface area contributed by atoms with Gasteiger partial charge in [0.25, 0.3) is 0 Å². The van der Waals surface area contributed by atoms with E-state index in [1.165, 1.54) is 38.6 Å². The Labute approximate surface area is 144 Å². The second-order valence-electron chi connectivity index (χ2n) is 7.93. The van der Waals surface area contributed by atoms with Crippen molar-refractivity contribution in [1.29, 1.82) is 0 Å². The number of nitrogens with two attached hydrogens (primary N) is 1. The molecule has 2 aliphatic carbocycles. The second kappa shape index (κ2) is 6.16. The summed E-state index contributed by atoms with van der Waals surface area (Å²) < 4.78 is 6.26. The topological polar surface area (TPSA) is 55.6 Å². The van der Waals surface area contributed by atoms with Crippen molar-refractivity contribution in [3.63, 3.8) is 0 Å². The monoisotopic (exact) mass is 328 g/mol. The van der Waals surface area contributed by atoms with Crippen molar-refractivity contribution >= 4 is 5.91 Å². The average molecular weight is 328 g/mol. The summed E-state index contributed by atoms with van der Waals surface area (Å²) in [5, 5.41) is 0. The summed E-state index contributed by atoms with van der Waals surface area (Å²) >= 11 is 0. The Kier molecular flexibility index (Phi) is 4.13. The van der Waals surface area contributed by atoms with E-state index >= 15 is 0 Å². The molecule has 2 N–H and O–H groups in total. The lowest BCUT2D eigenvalue weighted by Crippen LogP contribution is -2.59. The number of amides is 1. The molecule has 0 spiro atoms. The van der Waals surface area contributed by atoms with Crippen molar-refractivity contribution in [2.75, 3.05) is 26.7 Å². The summed E-state index contributed by atoms with van der Waals surface area (Å²) in [6.45, 7) is 3.48. The number of fused-ring (bicyclic) bond motifs is 2. The van der Waals surface area contributed by atoms with Crippen LogP contribution in [0.25, 0.3) is 0 Å². The molecular formula is C20H28N2O2. The number of carbonyl (C=O) groups is 1. The van der Waals surface area contributed by atoms with Crippen LogP contribution in [0.4, 0.5) is 0 Å². The number of piperidine rings is 1. The number of likely N-dealkylation sites (tertiary alicyclic amines) is 1. The summed E-state index contributed by atoms with van der Waals surface area (Å²) in [6, 6.07) is 7.83. The molecule has 1 aliphatic heterocycles. The second-order valence-corrected chi connectivity index (χ2v) is 7.93. The van der Waals surface area contributed by atoms with Gasteiger partial charge in [-0.05, 0) is 49.3 Å². The lowest BCUT2D eigenvalue weighted by atomic mass is 9.62. The molecule has 0 aromatic heterocycles. The van der Waals surface area contributed by atoms with Crippen molar-refractivity contribution in [3.05, 3.63) is 35.4 Å². The van der Waals surface area contributed by atoms with Gasteiger partial charge < -0.3 is 15.4 Å². The van der Waals surface area contributed by atoms with Gasteiger partial charge in [-0.1, -0.05) is 18.6 Å². The van der Waals surface area contributed by atoms with E-state index in [4.69, 9.17) is 10.5 Å². The Bertz CT molecular complexity index is 612. The van der Waals surface area contributed by atoms with Crippen LogP contribution in [0, 0.1) is 17.8 Å². The van der Waals surface area contributed by atoms with Crippen LogP contribution < -0.4 is 5.73 Å². The SMILES string of the molecule is COC1(c2cccc(C(N)=O)c2)[C@@H]2CCC[C@H]1CN(CC1CC1)C2. The van der Waals surface area contributed by atoms with Crippen molar-refractivity contribution in [2.24, 2.45) is 23.5 Å². The first kappa shape index (κ1) is 16.1. The highest BCUT2D eigenvalue weighted by Gasteiger charge is 2.53. The fourth-order valence-corrected chi connectivity index (χ4v) is 5.18. The zero-order valence-electron chi connectivity index (χ0n) is 14.5. The van der Waals surface area contributed by atoms with E-state index in [0.717, 1.165) is 24.6 Å². The highest BCUT2D eigenvalue weighted by atomic mass is 16.5. The van der Waals surface area contributed by atoms with Crippen molar-refractivity contribution in [2.45, 2.75) is 37.7 Å². The quantitative estimate of drug-likeness (QED) is 0.904. The van der Waals surface area contributed by atoms with Crippen LogP contribution in [0.3, 0.4) is 0 Å². The molecule has 1 unspecified atom stereocenters. The van der Waals surface area contributed by atoms with Crippen LogP contribution in [0.15, 0.2) is 24.3 Å². The van der Waals surface area contributed by atoms with Gasteiger partial charge in [-0.15, -0.1) is 0 Å². The predicted octanol–water partition coefficient (Wildman–Crippen LogP) is 2.77. The molecule has 24 heavy (non-hydrogen) atoms. The molecule has 1 heterocycles. The normalized spacial score (nSPS) is 33.4. The maximum Gasteiger partial charge on any atom is 0.248 e. The van der Waals surface area contributed by atoms with E-state index in [0.29, 0.717) is 17.4 Å². The smallest absolute Gasteiger partial charge is 0.248 e. The third-order valence-electron chi connectivity index (χ3n) is 6.42. The van der Waals surface area contributed by atoms with E-state index in [1.54, 1.807) is 6.07 Å². The lowest BCUT2D eigenvalue weighted by Gasteiger charge is -2.55. The molecule has 3 aliphatic rings. The zero-order chi connectivity index (χ0) is 16.7. The Morgan fingerprint density at radius 2 is 1.96 bits per heavy atom. The molecule has 1 amide bonds. The fraction of sp³-hybridized carbons (Fsp3) is 0.650. The standard InChI is InChI=1S/C20H28N2O2/c1-24-20(16-5-2-4-15(10-16)19(21)23)17-6-3-7-18(20)13-22(12-17)11-14-8-9-14/h2,4-5,10,14,17-18H,3,6-9,11-13H2,1H3,(H2,21,23)/t17-,18+,20?. The van der Waals surface area contributed by atoms with E-state index < -0.39 is 0 Å². The minimum Gasteiger partial charge on any atom is -0.373 e. The minimum absolute atomic E-state index is 0.260. The van der Waals surface area contributed by atoms with E-state index in [1.807, 2.05) is 19.2 Å². The molecule has 0 radical (unpaired) electrons. The van der Waals surface area contributed by atoms with Crippen molar-refractivity contribution in [3.8, 4) is 0 Å². The number of carbonyl (C=O) groups excluding carboxylic acids is 1. The molecule has 3 fully saturated rings. The first-order valence-corrected chi connectivity index (χ1v) is 9.31. The number of ether oxygens (including phenoxy) is 1. The van der Waals surface area contributed by atoms with Crippen LogP contribution in [-0.4, -0.2) is 37.6 Å². The Morgan fingerprint density at radius 3 is 2.54 bits per heavy atom. The molecule has 2 saturated carbocycles. The number of methoxy groups -OCH3 is 1. The highest BCUT2D eigenvalue weighted by molar-refractivity contribution is 5.92. The van der Waals surface area contributed by atoms with Gasteiger partial charge in [0, 0.05) is 44.1 Å². The Hall–Kier alpha value is -1.39. The number of benzene rings is 1. The van der Waals surface area contributed by atoms with Crippen LogP contribution >= 0.6 is 0 Å². The summed E-state index contributed by atoms with van der Waals surface area (Å²) in [5.41, 5.74) is 6.97. The molecule has 2 bridgehead atoms. The van der Waals surface area contributed by atoms with E-state index in [9.17, 15) is 4.79 Å². The van der Waals surface area contributed by atoms with E-state index in [2.05, 4.69) is 11.0 Å². The molecule has 130 valence electrons.